The quantitative estimate of drug-likeness (QED) is 0.330. The van der Waals surface area contributed by atoms with Crippen molar-refractivity contribution in [1.82, 2.24) is 24.8 Å². The highest BCUT2D eigenvalue weighted by Crippen LogP contribution is 2.30. The van der Waals surface area contributed by atoms with Gasteiger partial charge in [-0.05, 0) is 75.7 Å². The van der Waals surface area contributed by atoms with E-state index in [1.54, 1.807) is 24.4 Å². The topological polar surface area (TPSA) is 122 Å². The number of nitrogens with one attached hydrogen (secondary N) is 2. The van der Waals surface area contributed by atoms with Crippen molar-refractivity contribution in [2.45, 2.75) is 42.8 Å². The highest BCUT2D eigenvalue weighted by Gasteiger charge is 2.24. The Hall–Kier alpha value is -3.90. The maximum atomic E-state index is 14.9. The molecule has 0 atom stereocenters. The van der Waals surface area contributed by atoms with Crippen molar-refractivity contribution in [2.24, 2.45) is 0 Å². The lowest BCUT2D eigenvalue weighted by Crippen LogP contribution is -2.36. The molecule has 5 rings (SSSR count). The van der Waals surface area contributed by atoms with Crippen LogP contribution in [0.25, 0.3) is 22.0 Å². The van der Waals surface area contributed by atoms with Gasteiger partial charge in [0.05, 0.1) is 12.6 Å². The summed E-state index contributed by atoms with van der Waals surface area (Å²) in [5, 5.41) is 3.83. The van der Waals surface area contributed by atoms with Crippen LogP contribution < -0.4 is 14.8 Å². The molecule has 2 N–H and O–H groups in total. The molecule has 12 heteroatoms. The smallest absolute Gasteiger partial charge is 0.284 e. The minimum atomic E-state index is -4.13. The fourth-order valence-electron chi connectivity index (χ4n) is 4.84. The highest BCUT2D eigenvalue weighted by molar-refractivity contribution is 7.92. The summed E-state index contributed by atoms with van der Waals surface area (Å²) in [6.45, 7) is 0. The van der Waals surface area contributed by atoms with Crippen LogP contribution in [-0.4, -0.2) is 66.5 Å². The number of sulfonamides is 1. The van der Waals surface area contributed by atoms with Crippen molar-refractivity contribution < 1.29 is 17.5 Å². The van der Waals surface area contributed by atoms with Gasteiger partial charge in [-0.2, -0.15) is 8.42 Å². The molecule has 0 unspecified atom stereocenters. The van der Waals surface area contributed by atoms with Gasteiger partial charge in [0.25, 0.3) is 15.9 Å². The van der Waals surface area contributed by atoms with Crippen LogP contribution in [0.15, 0.2) is 60.0 Å². The standard InChI is InChI=1S/C27H30FN7O3S/c1-35(2)21-8-5-19(6-9-21)32-27-31-16-18-14-17(4-11-24(18)33-27)22-15-20(7-10-23(22)28)34-39(36,37)26-25(38-3)29-12-13-30-26/h4,7,10-16,19,21,34H,5-6,8-9H2,1-3H3,(H,31,32,33). The number of hydrogen-bond acceptors (Lipinski definition) is 9. The molecule has 0 saturated heterocycles. The summed E-state index contributed by atoms with van der Waals surface area (Å²) in [6, 6.07) is 10.3. The van der Waals surface area contributed by atoms with Crippen LogP contribution in [0, 0.1) is 5.82 Å². The van der Waals surface area contributed by atoms with E-state index in [0.717, 1.165) is 36.6 Å². The first-order valence-electron chi connectivity index (χ1n) is 12.6. The van der Waals surface area contributed by atoms with Gasteiger partial charge in [0, 0.05) is 47.3 Å². The third-order valence-electron chi connectivity index (χ3n) is 6.95. The number of rotatable bonds is 8. The summed E-state index contributed by atoms with van der Waals surface area (Å²) in [7, 11) is 1.42. The van der Waals surface area contributed by atoms with Crippen LogP contribution in [0.1, 0.15) is 25.7 Å². The molecule has 1 aliphatic rings. The Kier molecular flexibility index (Phi) is 7.58. The van der Waals surface area contributed by atoms with Gasteiger partial charge in [-0.1, -0.05) is 6.07 Å². The third kappa shape index (κ3) is 5.91. The fourth-order valence-corrected chi connectivity index (χ4v) is 5.94. The second-order valence-corrected chi connectivity index (χ2v) is 11.3. The van der Waals surface area contributed by atoms with Crippen molar-refractivity contribution in [1.29, 1.82) is 0 Å². The number of fused-ring (bicyclic) bond motifs is 1. The van der Waals surface area contributed by atoms with E-state index in [-0.39, 0.29) is 22.2 Å². The fraction of sp³-hybridized carbons (Fsp3) is 0.333. The molecule has 0 radical (unpaired) electrons. The second kappa shape index (κ2) is 11.1. The zero-order valence-corrected chi connectivity index (χ0v) is 22.7. The number of ether oxygens (including phenoxy) is 1. The Bertz CT molecular complexity index is 1590. The minimum Gasteiger partial charge on any atom is -0.479 e. The molecule has 1 aliphatic carbocycles. The maximum absolute atomic E-state index is 14.9. The molecule has 0 bridgehead atoms. The van der Waals surface area contributed by atoms with Crippen LogP contribution in [-0.2, 0) is 10.0 Å². The molecule has 204 valence electrons. The van der Waals surface area contributed by atoms with E-state index >= 15 is 0 Å². The van der Waals surface area contributed by atoms with Gasteiger partial charge in [-0.25, -0.2) is 24.3 Å². The molecule has 0 spiro atoms. The molecule has 39 heavy (non-hydrogen) atoms. The van der Waals surface area contributed by atoms with Crippen molar-refractivity contribution in [3.05, 3.63) is 60.8 Å². The lowest BCUT2D eigenvalue weighted by Gasteiger charge is -2.32. The Morgan fingerprint density at radius 2 is 1.77 bits per heavy atom. The van der Waals surface area contributed by atoms with Gasteiger partial charge in [0.15, 0.2) is 0 Å². The van der Waals surface area contributed by atoms with Crippen LogP contribution in [0.2, 0.25) is 0 Å². The Balaban J connectivity index is 1.35. The van der Waals surface area contributed by atoms with Gasteiger partial charge >= 0.3 is 0 Å². The zero-order valence-electron chi connectivity index (χ0n) is 21.9. The predicted octanol–water partition coefficient (Wildman–Crippen LogP) is 4.32. The van der Waals surface area contributed by atoms with Gasteiger partial charge < -0.3 is 15.0 Å². The molecule has 1 saturated carbocycles. The summed E-state index contributed by atoms with van der Waals surface area (Å²) in [4.78, 5) is 19.2. The monoisotopic (exact) mass is 551 g/mol. The molecule has 2 aromatic carbocycles. The Morgan fingerprint density at radius 1 is 1.00 bits per heavy atom. The molecule has 2 aromatic heterocycles. The van der Waals surface area contributed by atoms with Crippen LogP contribution >= 0.6 is 0 Å². The van der Waals surface area contributed by atoms with E-state index in [1.165, 1.54) is 37.7 Å². The summed E-state index contributed by atoms with van der Waals surface area (Å²) in [5.74, 6) is -0.0653. The maximum Gasteiger partial charge on any atom is 0.284 e. The van der Waals surface area contributed by atoms with E-state index in [1.807, 2.05) is 0 Å². The zero-order chi connectivity index (χ0) is 27.6. The first kappa shape index (κ1) is 26.7. The van der Waals surface area contributed by atoms with Crippen molar-refractivity contribution in [3.8, 4) is 17.0 Å². The third-order valence-corrected chi connectivity index (χ3v) is 8.24. The number of aromatic nitrogens is 4. The average Bonchev–Trinajstić information content (AvgIpc) is 2.94. The number of anilines is 2. The molecule has 0 aliphatic heterocycles. The number of methoxy groups -OCH3 is 1. The minimum absolute atomic E-state index is 0.142. The largest absolute Gasteiger partial charge is 0.479 e. The normalized spacial score (nSPS) is 17.8. The SMILES string of the molecule is COc1nccnc1S(=O)(=O)Nc1ccc(F)c(-c2ccc3nc(NC4CCC(N(C)C)CC4)ncc3c2)c1. The first-order valence-corrected chi connectivity index (χ1v) is 14.1. The molecule has 2 heterocycles. The van der Waals surface area contributed by atoms with E-state index in [4.69, 9.17) is 4.74 Å². The molecule has 10 nitrogen and oxygen atoms in total. The predicted molar refractivity (Wildman–Crippen MR) is 148 cm³/mol. The highest BCUT2D eigenvalue weighted by atomic mass is 32.2. The Labute approximate surface area is 226 Å². The van der Waals surface area contributed by atoms with Gasteiger partial charge in [-0.3, -0.25) is 4.72 Å². The summed E-state index contributed by atoms with van der Waals surface area (Å²) >= 11 is 0. The van der Waals surface area contributed by atoms with E-state index in [0.29, 0.717) is 23.6 Å². The summed E-state index contributed by atoms with van der Waals surface area (Å²) in [5.41, 5.74) is 1.68. The first-order chi connectivity index (χ1) is 18.7. The van der Waals surface area contributed by atoms with Crippen molar-refractivity contribution in [2.75, 3.05) is 31.2 Å². The molecular formula is C27H30FN7O3S. The van der Waals surface area contributed by atoms with Gasteiger partial charge in [0.1, 0.15) is 5.82 Å². The number of benzene rings is 2. The molecule has 1 fully saturated rings. The van der Waals surface area contributed by atoms with Gasteiger partial charge in [0.2, 0.25) is 11.0 Å². The molecule has 0 amide bonds. The van der Waals surface area contributed by atoms with Gasteiger partial charge in [-0.15, -0.1) is 0 Å². The number of nitrogens with zero attached hydrogens (tertiary/aromatic N) is 5. The van der Waals surface area contributed by atoms with E-state index in [9.17, 15) is 12.8 Å². The Morgan fingerprint density at radius 3 is 2.51 bits per heavy atom. The molecular weight excluding hydrogens is 521 g/mol. The summed E-state index contributed by atoms with van der Waals surface area (Å²) < 4.78 is 48.1. The van der Waals surface area contributed by atoms with Crippen LogP contribution in [0.4, 0.5) is 16.0 Å². The molecule has 4 aromatic rings. The van der Waals surface area contributed by atoms with Crippen LogP contribution in [0.5, 0.6) is 5.88 Å². The number of halogens is 1. The van der Waals surface area contributed by atoms with E-state index in [2.05, 4.69) is 49.0 Å². The average molecular weight is 552 g/mol. The second-order valence-electron chi connectivity index (χ2n) is 9.75. The summed E-state index contributed by atoms with van der Waals surface area (Å²) in [6.07, 6.45) is 8.68. The van der Waals surface area contributed by atoms with Crippen molar-refractivity contribution in [3.63, 3.8) is 0 Å². The number of hydrogen-bond donors (Lipinski definition) is 2. The van der Waals surface area contributed by atoms with Crippen LogP contribution in [0.3, 0.4) is 0 Å². The lowest BCUT2D eigenvalue weighted by atomic mass is 9.91. The lowest BCUT2D eigenvalue weighted by molar-refractivity contribution is 0.221. The van der Waals surface area contributed by atoms with E-state index < -0.39 is 15.8 Å². The van der Waals surface area contributed by atoms with Crippen molar-refractivity contribution >= 4 is 32.6 Å².